The minimum atomic E-state index is -0.633. The van der Waals surface area contributed by atoms with Gasteiger partial charge in [0.1, 0.15) is 11.7 Å². The van der Waals surface area contributed by atoms with Gasteiger partial charge in [0, 0.05) is 29.6 Å². The van der Waals surface area contributed by atoms with Crippen LogP contribution in [0.1, 0.15) is 54.2 Å². The van der Waals surface area contributed by atoms with Crippen molar-refractivity contribution in [1.29, 1.82) is 0 Å². The molecule has 1 aliphatic heterocycles. The zero-order valence-electron chi connectivity index (χ0n) is 13.3. The molecule has 1 unspecified atom stereocenters. The Hall–Kier alpha value is -2.30. The molecule has 5 nitrogen and oxygen atoms in total. The van der Waals surface area contributed by atoms with E-state index in [1.165, 1.54) is 6.42 Å². The van der Waals surface area contributed by atoms with Gasteiger partial charge in [-0.2, -0.15) is 0 Å². The summed E-state index contributed by atoms with van der Waals surface area (Å²) in [5.41, 5.74) is 8.13. The number of carbonyl (C=O) groups excluding carboxylic acids is 2. The van der Waals surface area contributed by atoms with Crippen molar-refractivity contribution < 1.29 is 9.59 Å². The first kappa shape index (κ1) is 14.3. The molecule has 2 amide bonds. The van der Waals surface area contributed by atoms with E-state index in [1.54, 1.807) is 4.90 Å². The first-order valence-electron chi connectivity index (χ1n) is 8.30. The third-order valence-corrected chi connectivity index (χ3v) is 5.37. The highest BCUT2D eigenvalue weighted by molar-refractivity contribution is 6.10. The number of carbonyl (C=O) groups is 2. The number of amides is 2. The van der Waals surface area contributed by atoms with Crippen LogP contribution in [-0.2, 0) is 11.8 Å². The van der Waals surface area contributed by atoms with Gasteiger partial charge >= 0.3 is 0 Å². The maximum atomic E-state index is 13.1. The zero-order valence-corrected chi connectivity index (χ0v) is 13.3. The molecule has 0 spiro atoms. The third kappa shape index (κ3) is 1.92. The van der Waals surface area contributed by atoms with Crippen molar-refractivity contribution in [2.24, 2.45) is 12.8 Å². The number of aryl methyl sites for hydroxylation is 1. The van der Waals surface area contributed by atoms with Gasteiger partial charge < -0.3 is 15.2 Å². The van der Waals surface area contributed by atoms with Crippen LogP contribution in [0.5, 0.6) is 0 Å². The van der Waals surface area contributed by atoms with Crippen molar-refractivity contribution in [3.8, 4) is 0 Å². The maximum Gasteiger partial charge on any atom is 0.272 e. The van der Waals surface area contributed by atoms with Gasteiger partial charge in [-0.3, -0.25) is 9.59 Å². The largest absolute Gasteiger partial charge is 0.368 e. The standard InChI is InChI=1S/C18H21N3O2/c1-20-13-10-6-5-9-12(13)14-15(17(19)22)21(18(23)16(14)20)11-7-3-2-4-8-11/h5-6,9-11,15H,2-4,7-8H2,1H3,(H2,19,22). The summed E-state index contributed by atoms with van der Waals surface area (Å²) in [7, 11) is 1.89. The molecule has 2 aromatic rings. The summed E-state index contributed by atoms with van der Waals surface area (Å²) in [5, 5.41) is 0.959. The Kier molecular flexibility index (Phi) is 3.18. The van der Waals surface area contributed by atoms with Gasteiger partial charge in [-0.15, -0.1) is 0 Å². The highest BCUT2D eigenvalue weighted by Gasteiger charge is 2.47. The summed E-state index contributed by atoms with van der Waals surface area (Å²) in [5.74, 6) is -0.478. The molecule has 1 aromatic carbocycles. The van der Waals surface area contributed by atoms with E-state index in [4.69, 9.17) is 5.73 Å². The summed E-state index contributed by atoms with van der Waals surface area (Å²) < 4.78 is 1.91. The molecule has 0 radical (unpaired) electrons. The van der Waals surface area contributed by atoms with Crippen molar-refractivity contribution >= 4 is 22.7 Å². The second-order valence-electron chi connectivity index (χ2n) is 6.65. The molecule has 5 heteroatoms. The third-order valence-electron chi connectivity index (χ3n) is 5.37. The average molecular weight is 311 g/mol. The van der Waals surface area contributed by atoms with Crippen LogP contribution < -0.4 is 5.73 Å². The fourth-order valence-electron chi connectivity index (χ4n) is 4.35. The van der Waals surface area contributed by atoms with Crippen LogP contribution in [0.2, 0.25) is 0 Å². The Morgan fingerprint density at radius 2 is 1.87 bits per heavy atom. The van der Waals surface area contributed by atoms with Crippen LogP contribution in [0.15, 0.2) is 24.3 Å². The van der Waals surface area contributed by atoms with Crippen LogP contribution >= 0.6 is 0 Å². The molecule has 0 saturated heterocycles. The molecule has 4 rings (SSSR count). The lowest BCUT2D eigenvalue weighted by Crippen LogP contribution is -2.44. The van der Waals surface area contributed by atoms with Gasteiger partial charge in [0.05, 0.1) is 0 Å². The Bertz CT molecular complexity index is 802. The number of rotatable bonds is 2. The molecule has 1 aromatic heterocycles. The SMILES string of the molecule is Cn1c2c(c3ccccc31)C(C(N)=O)N(C1CCCCC1)C2=O. The molecule has 1 aliphatic carbocycles. The van der Waals surface area contributed by atoms with E-state index in [0.29, 0.717) is 5.69 Å². The fraction of sp³-hybridized carbons (Fsp3) is 0.444. The number of primary amides is 1. The normalized spacial score (nSPS) is 21.9. The average Bonchev–Trinajstić information content (AvgIpc) is 3.03. The molecule has 2 N–H and O–H groups in total. The molecule has 0 bridgehead atoms. The lowest BCUT2D eigenvalue weighted by Gasteiger charge is -2.34. The number of nitrogens with two attached hydrogens (primary N) is 1. The fourth-order valence-corrected chi connectivity index (χ4v) is 4.35. The van der Waals surface area contributed by atoms with E-state index >= 15 is 0 Å². The number of aromatic nitrogens is 1. The van der Waals surface area contributed by atoms with Crippen molar-refractivity contribution in [3.05, 3.63) is 35.5 Å². The number of hydrogen-bond acceptors (Lipinski definition) is 2. The molecular weight excluding hydrogens is 290 g/mol. The van der Waals surface area contributed by atoms with Gasteiger partial charge in [-0.1, -0.05) is 37.5 Å². The van der Waals surface area contributed by atoms with Gasteiger partial charge in [0.15, 0.2) is 0 Å². The van der Waals surface area contributed by atoms with Gasteiger partial charge in [0.2, 0.25) is 5.91 Å². The first-order chi connectivity index (χ1) is 11.1. The highest BCUT2D eigenvalue weighted by Crippen LogP contribution is 2.43. The Balaban J connectivity index is 1.90. The highest BCUT2D eigenvalue weighted by atomic mass is 16.2. The Labute approximate surface area is 135 Å². The minimum Gasteiger partial charge on any atom is -0.368 e. The minimum absolute atomic E-state index is 0.0469. The summed E-state index contributed by atoms with van der Waals surface area (Å²) in [6, 6.07) is 7.33. The van der Waals surface area contributed by atoms with E-state index in [1.807, 2.05) is 35.9 Å². The van der Waals surface area contributed by atoms with Crippen LogP contribution in [0.4, 0.5) is 0 Å². The van der Waals surface area contributed by atoms with E-state index in [-0.39, 0.29) is 11.9 Å². The van der Waals surface area contributed by atoms with Crippen LogP contribution in [0.3, 0.4) is 0 Å². The van der Waals surface area contributed by atoms with E-state index < -0.39 is 11.9 Å². The molecule has 1 saturated carbocycles. The van der Waals surface area contributed by atoms with Crippen LogP contribution in [0.25, 0.3) is 10.9 Å². The summed E-state index contributed by atoms with van der Waals surface area (Å²) in [6.45, 7) is 0. The van der Waals surface area contributed by atoms with Crippen LogP contribution in [0, 0.1) is 0 Å². The smallest absolute Gasteiger partial charge is 0.272 e. The molecule has 120 valence electrons. The number of nitrogens with zero attached hydrogens (tertiary/aromatic N) is 2. The number of fused-ring (bicyclic) bond motifs is 3. The van der Waals surface area contributed by atoms with E-state index in [2.05, 4.69) is 0 Å². The predicted octanol–water partition coefficient (Wildman–Crippen LogP) is 2.49. The second kappa shape index (κ2) is 5.11. The molecule has 2 heterocycles. The summed E-state index contributed by atoms with van der Waals surface area (Å²) >= 11 is 0. The maximum absolute atomic E-state index is 13.1. The number of hydrogen-bond donors (Lipinski definition) is 1. The van der Waals surface area contributed by atoms with Crippen LogP contribution in [-0.4, -0.2) is 27.3 Å². The summed E-state index contributed by atoms with van der Waals surface area (Å²) in [4.78, 5) is 27.1. The van der Waals surface area contributed by atoms with Crippen molar-refractivity contribution in [3.63, 3.8) is 0 Å². The number of benzene rings is 1. The van der Waals surface area contributed by atoms with E-state index in [0.717, 1.165) is 42.1 Å². The molecule has 23 heavy (non-hydrogen) atoms. The van der Waals surface area contributed by atoms with Gasteiger partial charge in [0.25, 0.3) is 5.91 Å². The summed E-state index contributed by atoms with van der Waals surface area (Å²) in [6.07, 6.45) is 5.34. The Morgan fingerprint density at radius 1 is 1.17 bits per heavy atom. The van der Waals surface area contributed by atoms with Gasteiger partial charge in [-0.05, 0) is 18.9 Å². The molecule has 2 aliphatic rings. The van der Waals surface area contributed by atoms with Crippen molar-refractivity contribution in [2.45, 2.75) is 44.2 Å². The predicted molar refractivity (Wildman–Crippen MR) is 87.9 cm³/mol. The second-order valence-corrected chi connectivity index (χ2v) is 6.65. The first-order valence-corrected chi connectivity index (χ1v) is 8.30. The molecule has 1 fully saturated rings. The number of para-hydroxylation sites is 1. The molecule has 1 atom stereocenters. The quantitative estimate of drug-likeness (QED) is 0.926. The molecular formula is C18H21N3O2. The van der Waals surface area contributed by atoms with E-state index in [9.17, 15) is 9.59 Å². The van der Waals surface area contributed by atoms with Gasteiger partial charge in [-0.25, -0.2) is 0 Å². The lowest BCUT2D eigenvalue weighted by molar-refractivity contribution is -0.123. The Morgan fingerprint density at radius 3 is 2.57 bits per heavy atom. The monoisotopic (exact) mass is 311 g/mol. The zero-order chi connectivity index (χ0) is 16.1. The van der Waals surface area contributed by atoms with Crippen molar-refractivity contribution in [2.75, 3.05) is 0 Å². The lowest BCUT2D eigenvalue weighted by atomic mass is 9.93. The van der Waals surface area contributed by atoms with Crippen molar-refractivity contribution in [1.82, 2.24) is 9.47 Å². The topological polar surface area (TPSA) is 68.3 Å².